The predicted molar refractivity (Wildman–Crippen MR) is 93.1 cm³/mol. The van der Waals surface area contributed by atoms with Gasteiger partial charge in [-0.15, -0.1) is 11.3 Å². The maximum Gasteiger partial charge on any atom is 0.179 e. The van der Waals surface area contributed by atoms with Gasteiger partial charge in [0, 0.05) is 5.02 Å². The summed E-state index contributed by atoms with van der Waals surface area (Å²) in [7, 11) is 1.22. The SMILES string of the molecule is CO/N=C(\N)c1c(F)ccc(OCc2nc3ccc(Cl)cc3s2)c1F. The third-order valence-electron chi connectivity index (χ3n) is 3.25. The van der Waals surface area contributed by atoms with Crippen molar-refractivity contribution in [2.24, 2.45) is 10.9 Å². The van der Waals surface area contributed by atoms with E-state index < -0.39 is 23.0 Å². The smallest absolute Gasteiger partial charge is 0.179 e. The first-order chi connectivity index (χ1) is 12.0. The maximum absolute atomic E-state index is 14.5. The van der Waals surface area contributed by atoms with Crippen LogP contribution in [0.3, 0.4) is 0 Å². The van der Waals surface area contributed by atoms with Crippen LogP contribution in [0.15, 0.2) is 35.5 Å². The van der Waals surface area contributed by atoms with E-state index in [2.05, 4.69) is 15.0 Å². The Bertz CT molecular complexity index is 962. The number of rotatable bonds is 5. The van der Waals surface area contributed by atoms with Crippen LogP contribution in [0.1, 0.15) is 10.6 Å². The summed E-state index contributed by atoms with van der Waals surface area (Å²) in [5.74, 6) is -2.40. The summed E-state index contributed by atoms with van der Waals surface area (Å²) in [6.45, 7) is 0.0142. The van der Waals surface area contributed by atoms with Crippen LogP contribution in [0.25, 0.3) is 10.2 Å². The zero-order chi connectivity index (χ0) is 18.0. The van der Waals surface area contributed by atoms with Gasteiger partial charge in [-0.3, -0.25) is 0 Å². The second-order valence-corrected chi connectivity index (χ2v) is 6.45. The zero-order valence-electron chi connectivity index (χ0n) is 12.9. The minimum Gasteiger partial charge on any atom is -0.483 e. The van der Waals surface area contributed by atoms with Gasteiger partial charge in [-0.25, -0.2) is 13.8 Å². The first-order valence-electron chi connectivity index (χ1n) is 7.02. The Morgan fingerprint density at radius 3 is 2.88 bits per heavy atom. The molecular formula is C16H12ClF2N3O2S. The largest absolute Gasteiger partial charge is 0.483 e. The van der Waals surface area contributed by atoms with Crippen LogP contribution in [-0.2, 0) is 11.4 Å². The molecule has 1 heterocycles. The molecule has 0 fully saturated rings. The highest BCUT2D eigenvalue weighted by Gasteiger charge is 2.19. The van der Waals surface area contributed by atoms with E-state index in [0.717, 1.165) is 16.3 Å². The van der Waals surface area contributed by atoms with E-state index in [-0.39, 0.29) is 12.4 Å². The topological polar surface area (TPSA) is 69.7 Å². The first-order valence-corrected chi connectivity index (χ1v) is 8.22. The molecule has 0 bridgehead atoms. The van der Waals surface area contributed by atoms with Crippen LogP contribution in [-0.4, -0.2) is 17.9 Å². The molecule has 2 N–H and O–H groups in total. The van der Waals surface area contributed by atoms with Gasteiger partial charge >= 0.3 is 0 Å². The minimum absolute atomic E-state index is 0.0142. The van der Waals surface area contributed by atoms with Gasteiger partial charge in [0.15, 0.2) is 17.4 Å². The molecule has 0 aliphatic carbocycles. The van der Waals surface area contributed by atoms with Gasteiger partial charge in [-0.1, -0.05) is 16.8 Å². The van der Waals surface area contributed by atoms with E-state index in [1.807, 2.05) is 0 Å². The molecule has 9 heteroatoms. The van der Waals surface area contributed by atoms with Crippen molar-refractivity contribution in [2.75, 3.05) is 7.11 Å². The molecule has 0 aliphatic heterocycles. The van der Waals surface area contributed by atoms with Crippen LogP contribution in [0.5, 0.6) is 5.75 Å². The second-order valence-electron chi connectivity index (χ2n) is 4.90. The molecule has 5 nitrogen and oxygen atoms in total. The molecule has 3 aromatic rings. The van der Waals surface area contributed by atoms with Gasteiger partial charge in [0.1, 0.15) is 24.5 Å². The van der Waals surface area contributed by atoms with Crippen LogP contribution in [0, 0.1) is 11.6 Å². The van der Waals surface area contributed by atoms with E-state index >= 15 is 0 Å². The third-order valence-corrected chi connectivity index (χ3v) is 4.47. The molecule has 0 spiro atoms. The number of hydrogen-bond acceptors (Lipinski definition) is 5. The second kappa shape index (κ2) is 7.20. The Balaban J connectivity index is 1.85. The lowest BCUT2D eigenvalue weighted by molar-refractivity contribution is 0.213. The summed E-state index contributed by atoms with van der Waals surface area (Å²) in [6.07, 6.45) is 0. The molecule has 1 aromatic heterocycles. The summed E-state index contributed by atoms with van der Waals surface area (Å²) < 4.78 is 34.6. The molecule has 0 saturated heterocycles. The van der Waals surface area contributed by atoms with E-state index in [1.165, 1.54) is 24.5 Å². The summed E-state index contributed by atoms with van der Waals surface area (Å²) in [6, 6.07) is 7.53. The molecule has 0 atom stereocenters. The number of halogens is 3. The fraction of sp³-hybridized carbons (Fsp3) is 0.125. The van der Waals surface area contributed by atoms with Crippen molar-refractivity contribution in [3.8, 4) is 5.75 Å². The van der Waals surface area contributed by atoms with E-state index in [4.69, 9.17) is 22.1 Å². The quantitative estimate of drug-likeness (QED) is 0.409. The third kappa shape index (κ3) is 3.64. The molecule has 0 aliphatic rings. The van der Waals surface area contributed by atoms with Crippen molar-refractivity contribution < 1.29 is 18.4 Å². The normalized spacial score (nSPS) is 11.8. The zero-order valence-corrected chi connectivity index (χ0v) is 14.5. The number of nitrogens with zero attached hydrogens (tertiary/aromatic N) is 2. The van der Waals surface area contributed by atoms with Crippen LogP contribution >= 0.6 is 22.9 Å². The highest BCUT2D eigenvalue weighted by atomic mass is 35.5. The number of hydrogen-bond donors (Lipinski definition) is 1. The monoisotopic (exact) mass is 383 g/mol. The van der Waals surface area contributed by atoms with Crippen molar-refractivity contribution in [1.82, 2.24) is 4.98 Å². The molecule has 130 valence electrons. The van der Waals surface area contributed by atoms with Crippen LogP contribution in [0.4, 0.5) is 8.78 Å². The molecule has 25 heavy (non-hydrogen) atoms. The van der Waals surface area contributed by atoms with Crippen molar-refractivity contribution >= 4 is 39.0 Å². The van der Waals surface area contributed by atoms with E-state index in [1.54, 1.807) is 18.2 Å². The van der Waals surface area contributed by atoms with Gasteiger partial charge in [0.05, 0.1) is 15.8 Å². The molecule has 0 unspecified atom stereocenters. The van der Waals surface area contributed by atoms with Gasteiger partial charge in [0.2, 0.25) is 0 Å². The standard InChI is InChI=1S/C16H12ClF2N3O2S/c1-23-22-16(20)14-9(18)3-5-11(15(14)19)24-7-13-21-10-4-2-8(17)6-12(10)25-13/h2-6H,7H2,1H3,(H2,20,22). The summed E-state index contributed by atoms with van der Waals surface area (Å²) >= 11 is 7.31. The fourth-order valence-electron chi connectivity index (χ4n) is 2.17. The Hall–Kier alpha value is -2.45. The number of nitrogens with two attached hydrogens (primary N) is 1. The average molecular weight is 384 g/mol. The van der Waals surface area contributed by atoms with Crippen LogP contribution < -0.4 is 10.5 Å². The Morgan fingerprint density at radius 1 is 1.32 bits per heavy atom. The summed E-state index contributed by atoms with van der Waals surface area (Å²) in [5.41, 5.74) is 5.78. The number of amidine groups is 1. The molecule has 2 aromatic carbocycles. The van der Waals surface area contributed by atoms with Crippen molar-refractivity contribution in [3.63, 3.8) is 0 Å². The van der Waals surface area contributed by atoms with Crippen molar-refractivity contribution in [3.05, 3.63) is 57.6 Å². The highest BCUT2D eigenvalue weighted by Crippen LogP contribution is 2.28. The van der Waals surface area contributed by atoms with Gasteiger partial charge in [0.25, 0.3) is 0 Å². The Labute approximate surface area is 150 Å². The number of oxime groups is 1. The van der Waals surface area contributed by atoms with Crippen molar-refractivity contribution in [1.29, 1.82) is 0 Å². The lowest BCUT2D eigenvalue weighted by Gasteiger charge is -2.09. The summed E-state index contributed by atoms with van der Waals surface area (Å²) in [4.78, 5) is 8.82. The molecule has 0 radical (unpaired) electrons. The van der Waals surface area contributed by atoms with Gasteiger partial charge in [-0.05, 0) is 30.3 Å². The average Bonchev–Trinajstić information content (AvgIpc) is 2.96. The summed E-state index contributed by atoms with van der Waals surface area (Å²) in [5, 5.41) is 4.58. The van der Waals surface area contributed by atoms with Crippen LogP contribution in [0.2, 0.25) is 5.02 Å². The number of benzene rings is 2. The molecule has 0 amide bonds. The number of fused-ring (bicyclic) bond motifs is 1. The first kappa shape index (κ1) is 17.4. The predicted octanol–water partition coefficient (Wildman–Crippen LogP) is 4.07. The molecule has 0 saturated carbocycles. The highest BCUT2D eigenvalue weighted by molar-refractivity contribution is 7.18. The van der Waals surface area contributed by atoms with Gasteiger partial charge < -0.3 is 15.3 Å². The minimum atomic E-state index is -0.956. The maximum atomic E-state index is 14.5. The van der Waals surface area contributed by atoms with E-state index in [9.17, 15) is 8.78 Å². The van der Waals surface area contributed by atoms with E-state index in [0.29, 0.717) is 10.0 Å². The number of ether oxygens (including phenoxy) is 1. The van der Waals surface area contributed by atoms with Crippen molar-refractivity contribution in [2.45, 2.75) is 6.61 Å². The number of aromatic nitrogens is 1. The Kier molecular flexibility index (Phi) is 5.00. The Morgan fingerprint density at radius 2 is 2.12 bits per heavy atom. The lowest BCUT2D eigenvalue weighted by Crippen LogP contribution is -2.18. The molecule has 3 rings (SSSR count). The lowest BCUT2D eigenvalue weighted by atomic mass is 10.1. The number of thiazole rings is 1. The van der Waals surface area contributed by atoms with Gasteiger partial charge in [-0.2, -0.15) is 0 Å². The fourth-order valence-corrected chi connectivity index (χ4v) is 3.33. The molecular weight excluding hydrogens is 372 g/mol.